The lowest BCUT2D eigenvalue weighted by Crippen LogP contribution is -2.16. The molecule has 7 nitrogen and oxygen atoms in total. The van der Waals surface area contributed by atoms with Crippen molar-refractivity contribution in [3.8, 4) is 11.1 Å². The molecular weight excluding hydrogens is 490 g/mol. The molecule has 0 aliphatic rings. The van der Waals surface area contributed by atoms with Gasteiger partial charge in [0.25, 0.3) is 0 Å². The number of nitrogens with one attached hydrogen (secondary N) is 1. The lowest BCUT2D eigenvalue weighted by molar-refractivity contribution is -0.137. The van der Waals surface area contributed by atoms with Crippen LogP contribution in [0.1, 0.15) is 29.1 Å². The quantitative estimate of drug-likeness (QED) is 0.354. The van der Waals surface area contributed by atoms with Gasteiger partial charge in [-0.2, -0.15) is 27.1 Å². The summed E-state index contributed by atoms with van der Waals surface area (Å²) >= 11 is 0. The van der Waals surface area contributed by atoms with Crippen LogP contribution < -0.4 is 5.32 Å². The van der Waals surface area contributed by atoms with E-state index in [4.69, 9.17) is 0 Å². The Labute approximate surface area is 199 Å². The van der Waals surface area contributed by atoms with Gasteiger partial charge in [-0.05, 0) is 29.3 Å². The van der Waals surface area contributed by atoms with Crippen LogP contribution in [0.5, 0.6) is 0 Å². The molecule has 0 saturated carbocycles. The molecule has 13 heteroatoms. The number of anilines is 1. The Hall–Kier alpha value is -4.29. The third-order valence-electron chi connectivity index (χ3n) is 4.99. The van der Waals surface area contributed by atoms with Crippen molar-refractivity contribution in [2.45, 2.75) is 25.6 Å². The standard InChI is InChI=1S/C23H16F6N6O/c24-18-5-13(7-21(36)34-20-8-16(3-4-30-20)23(27,28)29)1-2-17(18)15-10-31-19(32-11-15)6-14-9-33-35(12-14)22(25)26/h1-5,8-12,22H,6-7H2,(H,30,34,36). The van der Waals surface area contributed by atoms with Crippen molar-refractivity contribution in [1.82, 2.24) is 24.7 Å². The van der Waals surface area contributed by atoms with Gasteiger partial charge in [-0.3, -0.25) is 4.79 Å². The van der Waals surface area contributed by atoms with Crippen LogP contribution in [0, 0.1) is 5.82 Å². The van der Waals surface area contributed by atoms with Crippen molar-refractivity contribution >= 4 is 11.7 Å². The molecule has 36 heavy (non-hydrogen) atoms. The topological polar surface area (TPSA) is 85.6 Å². The average Bonchev–Trinajstić information content (AvgIpc) is 3.28. The molecule has 186 valence electrons. The number of nitrogens with zero attached hydrogens (tertiary/aromatic N) is 5. The number of rotatable bonds is 7. The molecule has 0 fully saturated rings. The zero-order valence-corrected chi connectivity index (χ0v) is 18.2. The minimum absolute atomic E-state index is 0.157. The highest BCUT2D eigenvalue weighted by molar-refractivity contribution is 5.91. The van der Waals surface area contributed by atoms with Crippen molar-refractivity contribution in [2.24, 2.45) is 0 Å². The number of alkyl halides is 5. The van der Waals surface area contributed by atoms with E-state index in [9.17, 15) is 31.1 Å². The predicted molar refractivity (Wildman–Crippen MR) is 115 cm³/mol. The van der Waals surface area contributed by atoms with Crippen LogP contribution in [-0.2, 0) is 23.8 Å². The lowest BCUT2D eigenvalue weighted by Gasteiger charge is -2.10. The molecule has 0 bridgehead atoms. The molecule has 0 spiro atoms. The number of hydrogen-bond donors (Lipinski definition) is 1. The molecule has 0 aliphatic carbocycles. The summed E-state index contributed by atoms with van der Waals surface area (Å²) in [5.74, 6) is -1.28. The van der Waals surface area contributed by atoms with Crippen LogP contribution in [0.25, 0.3) is 11.1 Å². The van der Waals surface area contributed by atoms with Gasteiger partial charge in [0, 0.05) is 42.3 Å². The van der Waals surface area contributed by atoms with E-state index in [2.05, 4.69) is 25.4 Å². The highest BCUT2D eigenvalue weighted by Crippen LogP contribution is 2.30. The molecule has 3 aromatic heterocycles. The number of halogens is 6. The molecule has 3 heterocycles. The summed E-state index contributed by atoms with van der Waals surface area (Å²) in [5, 5.41) is 5.80. The second-order valence-corrected chi connectivity index (χ2v) is 7.64. The third kappa shape index (κ3) is 6.03. The summed E-state index contributed by atoms with van der Waals surface area (Å²) < 4.78 is 78.9. The first kappa shape index (κ1) is 24.8. The molecule has 1 amide bonds. The SMILES string of the molecule is O=C(Cc1ccc(-c2cnc(Cc3cnn(C(F)F)c3)nc2)c(F)c1)Nc1cc(C(F)(F)F)ccn1. The Balaban J connectivity index is 1.40. The Morgan fingerprint density at radius 3 is 2.39 bits per heavy atom. The zero-order valence-electron chi connectivity index (χ0n) is 18.2. The maximum Gasteiger partial charge on any atom is 0.416 e. The van der Waals surface area contributed by atoms with E-state index >= 15 is 0 Å². The number of hydrogen-bond acceptors (Lipinski definition) is 5. The monoisotopic (exact) mass is 506 g/mol. The summed E-state index contributed by atoms with van der Waals surface area (Å²) in [7, 11) is 0. The molecule has 0 radical (unpaired) electrons. The van der Waals surface area contributed by atoms with Gasteiger partial charge in [0.2, 0.25) is 5.91 Å². The molecule has 0 aliphatic heterocycles. The number of pyridine rings is 1. The third-order valence-corrected chi connectivity index (χ3v) is 4.99. The first-order chi connectivity index (χ1) is 17.1. The van der Waals surface area contributed by atoms with Gasteiger partial charge in [-0.25, -0.2) is 24.0 Å². The van der Waals surface area contributed by atoms with E-state index < -0.39 is 30.0 Å². The smallest absolute Gasteiger partial charge is 0.310 e. The molecule has 0 atom stereocenters. The van der Waals surface area contributed by atoms with Crippen LogP contribution in [0.3, 0.4) is 0 Å². The maximum absolute atomic E-state index is 14.7. The van der Waals surface area contributed by atoms with Crippen molar-refractivity contribution < 1.29 is 31.1 Å². The summed E-state index contributed by atoms with van der Waals surface area (Å²) in [6.45, 7) is -2.75. The molecular formula is C23H16F6N6O. The number of amides is 1. The van der Waals surface area contributed by atoms with Crippen LogP contribution in [0.2, 0.25) is 0 Å². The number of aromatic nitrogens is 5. The predicted octanol–water partition coefficient (Wildman–Crippen LogP) is 5.06. The molecule has 1 aromatic carbocycles. The van der Waals surface area contributed by atoms with E-state index in [1.165, 1.54) is 36.9 Å². The number of benzene rings is 1. The fourth-order valence-corrected chi connectivity index (χ4v) is 3.29. The lowest BCUT2D eigenvalue weighted by atomic mass is 10.0. The van der Waals surface area contributed by atoms with Gasteiger partial charge in [0.05, 0.1) is 18.2 Å². The van der Waals surface area contributed by atoms with Gasteiger partial charge in [0.1, 0.15) is 17.5 Å². The Morgan fingerprint density at radius 2 is 1.75 bits per heavy atom. The van der Waals surface area contributed by atoms with E-state index in [1.54, 1.807) is 0 Å². The molecule has 4 aromatic rings. The van der Waals surface area contributed by atoms with Crippen LogP contribution in [0.4, 0.5) is 32.2 Å². The minimum atomic E-state index is -4.58. The first-order valence-corrected chi connectivity index (χ1v) is 10.3. The van der Waals surface area contributed by atoms with Gasteiger partial charge in [-0.1, -0.05) is 12.1 Å². The minimum Gasteiger partial charge on any atom is -0.310 e. The average molecular weight is 506 g/mol. The summed E-state index contributed by atoms with van der Waals surface area (Å²) in [4.78, 5) is 24.2. The number of carbonyl (C=O) groups is 1. The molecule has 4 rings (SSSR count). The van der Waals surface area contributed by atoms with Gasteiger partial charge in [-0.15, -0.1) is 0 Å². The van der Waals surface area contributed by atoms with E-state index in [-0.39, 0.29) is 29.8 Å². The van der Waals surface area contributed by atoms with Gasteiger partial charge < -0.3 is 5.32 Å². The Bertz CT molecular complexity index is 1370. The molecule has 0 unspecified atom stereocenters. The second-order valence-electron chi connectivity index (χ2n) is 7.64. The summed E-state index contributed by atoms with van der Waals surface area (Å²) in [5.41, 5.74) is 0.325. The fourth-order valence-electron chi connectivity index (χ4n) is 3.29. The largest absolute Gasteiger partial charge is 0.416 e. The Kier molecular flexibility index (Phi) is 6.99. The van der Waals surface area contributed by atoms with Crippen molar-refractivity contribution in [1.29, 1.82) is 0 Å². The first-order valence-electron chi connectivity index (χ1n) is 10.3. The van der Waals surface area contributed by atoms with Crippen molar-refractivity contribution in [2.75, 3.05) is 5.32 Å². The zero-order chi connectivity index (χ0) is 25.9. The van der Waals surface area contributed by atoms with Crippen LogP contribution in [0.15, 0.2) is 61.3 Å². The fraction of sp³-hybridized carbons (Fsp3) is 0.174. The summed E-state index contributed by atoms with van der Waals surface area (Å²) in [6.07, 6.45) is 1.42. The highest BCUT2D eigenvalue weighted by atomic mass is 19.4. The molecule has 0 saturated heterocycles. The van der Waals surface area contributed by atoms with Crippen molar-refractivity contribution in [3.05, 3.63) is 89.6 Å². The normalized spacial score (nSPS) is 11.6. The van der Waals surface area contributed by atoms with Gasteiger partial charge in [0.15, 0.2) is 0 Å². The maximum atomic E-state index is 14.7. The summed E-state index contributed by atoms with van der Waals surface area (Å²) in [6, 6.07) is 5.52. The Morgan fingerprint density at radius 1 is 1.00 bits per heavy atom. The number of carbonyl (C=O) groups excluding carboxylic acids is 1. The molecule has 1 N–H and O–H groups in total. The van der Waals surface area contributed by atoms with E-state index in [0.717, 1.165) is 18.3 Å². The van der Waals surface area contributed by atoms with E-state index in [0.29, 0.717) is 27.7 Å². The van der Waals surface area contributed by atoms with Crippen LogP contribution in [-0.4, -0.2) is 30.6 Å². The second kappa shape index (κ2) is 10.1. The van der Waals surface area contributed by atoms with Crippen LogP contribution >= 0.6 is 0 Å². The van der Waals surface area contributed by atoms with Gasteiger partial charge >= 0.3 is 12.7 Å². The highest BCUT2D eigenvalue weighted by Gasteiger charge is 2.30. The van der Waals surface area contributed by atoms with Crippen molar-refractivity contribution in [3.63, 3.8) is 0 Å². The van der Waals surface area contributed by atoms with E-state index in [1.807, 2.05) is 0 Å².